The van der Waals surface area contributed by atoms with E-state index >= 15 is 0 Å². The fraction of sp³-hybridized carbons (Fsp3) is 0.280. The summed E-state index contributed by atoms with van der Waals surface area (Å²) in [5.41, 5.74) is 1.01. The highest BCUT2D eigenvalue weighted by molar-refractivity contribution is 6.05. The molecule has 0 saturated heterocycles. The molecular weight excluding hydrogens is 410 g/mol. The Morgan fingerprint density at radius 3 is 2.31 bits per heavy atom. The summed E-state index contributed by atoms with van der Waals surface area (Å²) < 4.78 is 21.6. The fourth-order valence-corrected chi connectivity index (χ4v) is 4.29. The second-order valence-electron chi connectivity index (χ2n) is 7.58. The van der Waals surface area contributed by atoms with Crippen LogP contribution in [0.1, 0.15) is 5.56 Å². The molecule has 0 aromatic heterocycles. The standard InChI is InChI=1S/C25H25NO6/c1-29-18-11-9-17(10-12-18)26-20(15-16-7-5-4-6-8-16)25-14-13-19(32-25)21(23(27)30-2)22(25)24(28)31-3/h4-14,19-20,26H,15H2,1-3H3/t19?,20-,25?/m0/s1. The largest absolute Gasteiger partial charge is 0.497 e. The molecule has 1 N–H and O–H groups in total. The third-order valence-corrected chi connectivity index (χ3v) is 5.81. The molecule has 0 aliphatic carbocycles. The van der Waals surface area contributed by atoms with Crippen molar-refractivity contribution in [3.8, 4) is 5.75 Å². The molecule has 2 heterocycles. The number of ether oxygens (including phenoxy) is 4. The maximum atomic E-state index is 12.9. The van der Waals surface area contributed by atoms with Crippen molar-refractivity contribution >= 4 is 17.6 Å². The van der Waals surface area contributed by atoms with E-state index in [9.17, 15) is 9.59 Å². The van der Waals surface area contributed by atoms with Gasteiger partial charge in [0, 0.05) is 5.69 Å². The van der Waals surface area contributed by atoms with E-state index in [1.807, 2.05) is 60.7 Å². The van der Waals surface area contributed by atoms with Gasteiger partial charge in [-0.25, -0.2) is 9.59 Å². The zero-order valence-electron chi connectivity index (χ0n) is 18.2. The molecule has 0 saturated carbocycles. The Hall–Kier alpha value is -3.58. The fourth-order valence-electron chi connectivity index (χ4n) is 4.29. The van der Waals surface area contributed by atoms with Crippen LogP contribution in [0.15, 0.2) is 77.9 Å². The molecule has 3 atom stereocenters. The van der Waals surface area contributed by atoms with Gasteiger partial charge >= 0.3 is 11.9 Å². The third-order valence-electron chi connectivity index (χ3n) is 5.81. The molecule has 4 rings (SSSR count). The average Bonchev–Trinajstić information content (AvgIpc) is 3.42. The molecule has 0 spiro atoms. The van der Waals surface area contributed by atoms with Crippen LogP contribution in [0.2, 0.25) is 0 Å². The van der Waals surface area contributed by atoms with Crippen LogP contribution in [0.25, 0.3) is 0 Å². The molecule has 7 heteroatoms. The summed E-state index contributed by atoms with van der Waals surface area (Å²) in [6, 6.07) is 16.9. The van der Waals surface area contributed by atoms with Gasteiger partial charge in [0.25, 0.3) is 0 Å². The number of methoxy groups -OCH3 is 3. The van der Waals surface area contributed by atoms with Gasteiger partial charge in [-0.2, -0.15) is 0 Å². The van der Waals surface area contributed by atoms with Crippen LogP contribution in [0.5, 0.6) is 5.75 Å². The van der Waals surface area contributed by atoms with E-state index < -0.39 is 29.7 Å². The van der Waals surface area contributed by atoms with Crippen LogP contribution in [0, 0.1) is 0 Å². The second-order valence-corrected chi connectivity index (χ2v) is 7.58. The molecule has 2 aromatic rings. The molecule has 0 radical (unpaired) electrons. The van der Waals surface area contributed by atoms with Gasteiger partial charge in [0.1, 0.15) is 17.5 Å². The minimum Gasteiger partial charge on any atom is -0.497 e. The van der Waals surface area contributed by atoms with Crippen molar-refractivity contribution in [2.24, 2.45) is 0 Å². The quantitative estimate of drug-likeness (QED) is 0.504. The highest BCUT2D eigenvalue weighted by atomic mass is 16.6. The zero-order valence-corrected chi connectivity index (χ0v) is 18.2. The first kappa shape index (κ1) is 21.6. The van der Waals surface area contributed by atoms with Gasteiger partial charge in [0.15, 0.2) is 0 Å². The minimum absolute atomic E-state index is 0.168. The smallest absolute Gasteiger partial charge is 0.337 e. The monoisotopic (exact) mass is 435 g/mol. The first-order chi connectivity index (χ1) is 15.5. The van der Waals surface area contributed by atoms with E-state index in [-0.39, 0.29) is 11.1 Å². The number of benzene rings is 2. The maximum Gasteiger partial charge on any atom is 0.337 e. The summed E-state index contributed by atoms with van der Waals surface area (Å²) in [6.07, 6.45) is 3.47. The van der Waals surface area contributed by atoms with E-state index in [0.717, 1.165) is 17.0 Å². The average molecular weight is 435 g/mol. The number of hydrogen-bond acceptors (Lipinski definition) is 7. The summed E-state index contributed by atoms with van der Waals surface area (Å²) in [7, 11) is 4.18. The second kappa shape index (κ2) is 8.88. The maximum absolute atomic E-state index is 12.9. The Morgan fingerprint density at radius 2 is 1.69 bits per heavy atom. The summed E-state index contributed by atoms with van der Waals surface area (Å²) in [5, 5.41) is 3.50. The summed E-state index contributed by atoms with van der Waals surface area (Å²) in [5.74, 6) is -0.495. The molecule has 2 aliphatic rings. The van der Waals surface area contributed by atoms with Crippen molar-refractivity contribution in [3.63, 3.8) is 0 Å². The van der Waals surface area contributed by atoms with Gasteiger partial charge in [0.05, 0.1) is 38.5 Å². The van der Waals surface area contributed by atoms with Crippen LogP contribution in [-0.2, 0) is 30.2 Å². The van der Waals surface area contributed by atoms with E-state index in [1.165, 1.54) is 14.2 Å². The number of fused-ring (bicyclic) bond motifs is 2. The highest BCUT2D eigenvalue weighted by Crippen LogP contribution is 2.47. The highest BCUT2D eigenvalue weighted by Gasteiger charge is 2.58. The van der Waals surface area contributed by atoms with E-state index in [1.54, 1.807) is 13.2 Å². The van der Waals surface area contributed by atoms with E-state index in [2.05, 4.69) is 5.32 Å². The lowest BCUT2D eigenvalue weighted by Gasteiger charge is -2.36. The van der Waals surface area contributed by atoms with Crippen molar-refractivity contribution in [2.75, 3.05) is 26.6 Å². The molecule has 2 unspecified atom stereocenters. The van der Waals surface area contributed by atoms with Gasteiger partial charge in [-0.1, -0.05) is 36.4 Å². The number of rotatable bonds is 8. The number of anilines is 1. The number of esters is 2. The van der Waals surface area contributed by atoms with E-state index in [4.69, 9.17) is 18.9 Å². The normalized spacial score (nSPS) is 21.9. The molecule has 166 valence electrons. The van der Waals surface area contributed by atoms with Crippen LogP contribution >= 0.6 is 0 Å². The molecule has 0 amide bonds. The lowest BCUT2D eigenvalue weighted by molar-refractivity contribution is -0.139. The molecule has 2 aliphatic heterocycles. The summed E-state index contributed by atoms with van der Waals surface area (Å²) >= 11 is 0. The lowest BCUT2D eigenvalue weighted by atomic mass is 9.79. The Labute approximate surface area is 186 Å². The zero-order chi connectivity index (χ0) is 22.7. The lowest BCUT2D eigenvalue weighted by Crippen LogP contribution is -2.49. The Balaban J connectivity index is 1.79. The Bertz CT molecular complexity index is 1060. The third kappa shape index (κ3) is 3.76. The summed E-state index contributed by atoms with van der Waals surface area (Å²) in [4.78, 5) is 25.4. The van der Waals surface area contributed by atoms with Crippen molar-refractivity contribution < 1.29 is 28.5 Å². The van der Waals surface area contributed by atoms with Crippen LogP contribution < -0.4 is 10.1 Å². The topological polar surface area (TPSA) is 83.1 Å². The molecule has 0 fully saturated rings. The molecule has 2 bridgehead atoms. The number of carbonyl (C=O) groups excluding carboxylic acids is 2. The van der Waals surface area contributed by atoms with Crippen molar-refractivity contribution in [1.82, 2.24) is 0 Å². The molecule has 32 heavy (non-hydrogen) atoms. The predicted octanol–water partition coefficient (Wildman–Crippen LogP) is 3.07. The van der Waals surface area contributed by atoms with Crippen molar-refractivity contribution in [2.45, 2.75) is 24.2 Å². The van der Waals surface area contributed by atoms with Gasteiger partial charge in [-0.3, -0.25) is 0 Å². The molecular formula is C25H25NO6. The SMILES string of the molecule is COC(=O)C1=C(C(=O)OC)C2([C@H](Cc3ccccc3)Nc3ccc(OC)cc3)C=CC1O2. The van der Waals surface area contributed by atoms with Crippen LogP contribution in [0.3, 0.4) is 0 Å². The number of carbonyl (C=O) groups is 2. The molecule has 2 aromatic carbocycles. The number of hydrogen-bond donors (Lipinski definition) is 1. The first-order valence-corrected chi connectivity index (χ1v) is 10.3. The van der Waals surface area contributed by atoms with Crippen molar-refractivity contribution in [3.05, 3.63) is 83.5 Å². The first-order valence-electron chi connectivity index (χ1n) is 10.3. The van der Waals surface area contributed by atoms with Gasteiger partial charge in [-0.05, 0) is 42.3 Å². The van der Waals surface area contributed by atoms with Crippen LogP contribution in [-0.4, -0.2) is 51.0 Å². The summed E-state index contributed by atoms with van der Waals surface area (Å²) in [6.45, 7) is 0. The minimum atomic E-state index is -1.20. The van der Waals surface area contributed by atoms with Gasteiger partial charge in [-0.15, -0.1) is 0 Å². The van der Waals surface area contributed by atoms with E-state index in [0.29, 0.717) is 6.42 Å². The Kier molecular flexibility index (Phi) is 6.01. The number of nitrogens with one attached hydrogen (secondary N) is 1. The Morgan fingerprint density at radius 1 is 1.00 bits per heavy atom. The van der Waals surface area contributed by atoms with Crippen molar-refractivity contribution in [1.29, 1.82) is 0 Å². The molecule has 7 nitrogen and oxygen atoms in total. The van der Waals surface area contributed by atoms with Gasteiger partial charge in [0.2, 0.25) is 0 Å². The van der Waals surface area contributed by atoms with Gasteiger partial charge < -0.3 is 24.3 Å². The van der Waals surface area contributed by atoms with Crippen LogP contribution in [0.4, 0.5) is 5.69 Å². The predicted molar refractivity (Wildman–Crippen MR) is 118 cm³/mol.